The zero-order valence-electron chi connectivity index (χ0n) is 17.8. The molecule has 1 aliphatic carbocycles. The standard InChI is InChI=1S/C21H28N4O5S/c1-12(2)22-21(26)30-15-6-4-13(8-15)17-10-20(25-24-17)23-14-5-7-19-16(9-14)18(29-3)11-31(19,27)28/h5,7,9-10,12-13,15,18H,4,6,8,11H2,1-3H3,(H,22,26)(H2,23,24,25)/t13-,15+,18?/m0/s1. The number of nitrogens with one attached hydrogen (secondary N) is 3. The Kier molecular flexibility index (Phi) is 5.94. The molecule has 1 aliphatic heterocycles. The lowest BCUT2D eigenvalue weighted by atomic mass is 10.0. The van der Waals surface area contributed by atoms with Gasteiger partial charge in [-0.1, -0.05) is 0 Å². The van der Waals surface area contributed by atoms with Gasteiger partial charge in [0.05, 0.1) is 16.8 Å². The van der Waals surface area contributed by atoms with E-state index in [1.165, 1.54) is 7.11 Å². The number of ether oxygens (including phenoxy) is 2. The number of methoxy groups -OCH3 is 1. The van der Waals surface area contributed by atoms with Gasteiger partial charge in [-0.25, -0.2) is 13.2 Å². The number of H-pyrrole nitrogens is 1. The summed E-state index contributed by atoms with van der Waals surface area (Å²) >= 11 is 0. The molecule has 0 bridgehead atoms. The van der Waals surface area contributed by atoms with Gasteiger partial charge >= 0.3 is 6.09 Å². The number of aromatic amines is 1. The van der Waals surface area contributed by atoms with Crippen LogP contribution in [0.15, 0.2) is 29.2 Å². The van der Waals surface area contributed by atoms with Gasteiger partial charge in [0.15, 0.2) is 15.7 Å². The quantitative estimate of drug-likeness (QED) is 0.619. The molecule has 2 aromatic rings. The zero-order valence-corrected chi connectivity index (χ0v) is 18.7. The summed E-state index contributed by atoms with van der Waals surface area (Å²) in [5.74, 6) is 0.851. The van der Waals surface area contributed by atoms with Crippen LogP contribution in [-0.2, 0) is 19.3 Å². The second-order valence-corrected chi connectivity index (χ2v) is 10.4. The average Bonchev–Trinajstić information content (AvgIpc) is 3.39. The van der Waals surface area contributed by atoms with Gasteiger partial charge in [-0.2, -0.15) is 5.10 Å². The summed E-state index contributed by atoms with van der Waals surface area (Å²) in [5, 5.41) is 13.4. The molecule has 1 unspecified atom stereocenters. The van der Waals surface area contributed by atoms with Crippen molar-refractivity contribution in [2.45, 2.75) is 62.2 Å². The van der Waals surface area contributed by atoms with Crippen molar-refractivity contribution < 1.29 is 22.7 Å². The maximum Gasteiger partial charge on any atom is 0.407 e. The van der Waals surface area contributed by atoms with Crippen LogP contribution in [0.2, 0.25) is 0 Å². The van der Waals surface area contributed by atoms with E-state index < -0.39 is 15.9 Å². The Balaban J connectivity index is 1.40. The molecule has 1 fully saturated rings. The predicted molar refractivity (Wildman–Crippen MR) is 115 cm³/mol. The maximum atomic E-state index is 12.2. The van der Waals surface area contributed by atoms with Crippen molar-refractivity contribution in [1.82, 2.24) is 15.5 Å². The fourth-order valence-corrected chi connectivity index (χ4v) is 5.96. The van der Waals surface area contributed by atoms with E-state index >= 15 is 0 Å². The van der Waals surface area contributed by atoms with Crippen LogP contribution in [0.4, 0.5) is 16.3 Å². The normalized spacial score (nSPS) is 24.2. The lowest BCUT2D eigenvalue weighted by Crippen LogP contribution is -2.33. The third-order valence-electron chi connectivity index (χ3n) is 5.72. The Bertz CT molecular complexity index is 1070. The summed E-state index contributed by atoms with van der Waals surface area (Å²) in [6, 6.07) is 7.13. The van der Waals surface area contributed by atoms with E-state index in [0.29, 0.717) is 16.3 Å². The fourth-order valence-electron chi connectivity index (χ4n) is 4.24. The van der Waals surface area contributed by atoms with Gasteiger partial charge in [0.1, 0.15) is 6.10 Å². The summed E-state index contributed by atoms with van der Waals surface area (Å²) in [5.41, 5.74) is 2.39. The summed E-state index contributed by atoms with van der Waals surface area (Å²) in [7, 11) is -1.78. The minimum Gasteiger partial charge on any atom is -0.446 e. The number of fused-ring (bicyclic) bond motifs is 1. The van der Waals surface area contributed by atoms with Crippen molar-refractivity contribution in [3.05, 3.63) is 35.5 Å². The third-order valence-corrected chi connectivity index (χ3v) is 7.51. The summed E-state index contributed by atoms with van der Waals surface area (Å²) in [4.78, 5) is 12.1. The molecule has 2 aliphatic rings. The van der Waals surface area contributed by atoms with E-state index in [9.17, 15) is 13.2 Å². The van der Waals surface area contributed by atoms with Crippen molar-refractivity contribution in [1.29, 1.82) is 0 Å². The van der Waals surface area contributed by atoms with E-state index in [2.05, 4.69) is 20.8 Å². The summed E-state index contributed by atoms with van der Waals surface area (Å²) in [6.07, 6.45) is 1.54. The molecule has 1 aromatic carbocycles. The highest BCUT2D eigenvalue weighted by atomic mass is 32.2. The number of aromatic nitrogens is 2. The number of alkyl carbamates (subject to hydrolysis) is 1. The first-order chi connectivity index (χ1) is 14.7. The largest absolute Gasteiger partial charge is 0.446 e. The van der Waals surface area contributed by atoms with Crippen LogP contribution in [0.3, 0.4) is 0 Å². The molecule has 0 spiro atoms. The van der Waals surface area contributed by atoms with Gasteiger partial charge in [0, 0.05) is 42.1 Å². The van der Waals surface area contributed by atoms with Crippen molar-refractivity contribution in [2.75, 3.05) is 18.2 Å². The first-order valence-electron chi connectivity index (χ1n) is 10.4. The van der Waals surface area contributed by atoms with Crippen molar-refractivity contribution >= 4 is 27.4 Å². The van der Waals surface area contributed by atoms with Crippen LogP contribution in [0.5, 0.6) is 0 Å². The van der Waals surface area contributed by atoms with Crippen LogP contribution < -0.4 is 10.6 Å². The first-order valence-corrected chi connectivity index (χ1v) is 12.1. The number of amides is 1. The van der Waals surface area contributed by atoms with E-state index in [0.717, 1.165) is 30.6 Å². The van der Waals surface area contributed by atoms with Gasteiger partial charge in [0.2, 0.25) is 0 Å². The molecule has 2 heterocycles. The molecule has 1 amide bonds. The highest BCUT2D eigenvalue weighted by molar-refractivity contribution is 7.91. The SMILES string of the molecule is COC1CS(=O)(=O)c2ccc(Nc3cc([C@H]4CC[C@@H](OC(=O)NC(C)C)C4)[nH]n3)cc21. The molecule has 0 radical (unpaired) electrons. The minimum absolute atomic E-state index is 0.0328. The maximum absolute atomic E-state index is 12.2. The van der Waals surface area contributed by atoms with Crippen molar-refractivity contribution in [3.63, 3.8) is 0 Å². The molecule has 168 valence electrons. The number of carbonyl (C=O) groups is 1. The summed E-state index contributed by atoms with van der Waals surface area (Å²) in [6.45, 7) is 3.79. The smallest absolute Gasteiger partial charge is 0.407 e. The summed E-state index contributed by atoms with van der Waals surface area (Å²) < 4.78 is 35.3. The highest BCUT2D eigenvalue weighted by Gasteiger charge is 2.35. The number of hydrogen-bond donors (Lipinski definition) is 3. The van der Waals surface area contributed by atoms with Crippen LogP contribution in [0, 0.1) is 0 Å². The van der Waals surface area contributed by atoms with E-state index in [1.54, 1.807) is 18.2 Å². The first kappa shape index (κ1) is 21.6. The number of benzene rings is 1. The average molecular weight is 449 g/mol. The lowest BCUT2D eigenvalue weighted by Gasteiger charge is -2.14. The molecule has 1 aromatic heterocycles. The van der Waals surface area contributed by atoms with Gasteiger partial charge in [-0.05, 0) is 51.3 Å². The second kappa shape index (κ2) is 8.51. The highest BCUT2D eigenvalue weighted by Crippen LogP contribution is 2.38. The molecule has 3 atom stereocenters. The Labute approximate surface area is 181 Å². The molecule has 10 heteroatoms. The van der Waals surface area contributed by atoms with Crippen molar-refractivity contribution in [2.24, 2.45) is 0 Å². The Morgan fingerprint density at radius 2 is 2.06 bits per heavy atom. The lowest BCUT2D eigenvalue weighted by molar-refractivity contribution is 0.0981. The van der Waals surface area contributed by atoms with E-state index in [-0.39, 0.29) is 29.9 Å². The molecule has 1 saturated carbocycles. The van der Waals surface area contributed by atoms with Gasteiger partial charge in [-0.3, -0.25) is 5.10 Å². The van der Waals surface area contributed by atoms with Crippen LogP contribution >= 0.6 is 0 Å². The molecule has 0 saturated heterocycles. The number of carbonyl (C=O) groups excluding carboxylic acids is 1. The number of sulfone groups is 1. The van der Waals surface area contributed by atoms with Crippen molar-refractivity contribution in [3.8, 4) is 0 Å². The Morgan fingerprint density at radius 3 is 2.81 bits per heavy atom. The number of rotatable bonds is 6. The Morgan fingerprint density at radius 1 is 1.26 bits per heavy atom. The topological polar surface area (TPSA) is 122 Å². The number of anilines is 2. The second-order valence-electron chi connectivity index (χ2n) is 8.43. The molecular formula is C21H28N4O5S. The molecule has 3 N–H and O–H groups in total. The number of hydrogen-bond acceptors (Lipinski definition) is 7. The Hall–Kier alpha value is -2.59. The van der Waals surface area contributed by atoms with Crippen LogP contribution in [0.1, 0.15) is 56.4 Å². The third kappa shape index (κ3) is 4.69. The zero-order chi connectivity index (χ0) is 22.2. The fraction of sp³-hybridized carbons (Fsp3) is 0.524. The van der Waals surface area contributed by atoms with E-state index in [4.69, 9.17) is 9.47 Å². The predicted octanol–water partition coefficient (Wildman–Crippen LogP) is 3.40. The molecule has 4 rings (SSSR count). The monoisotopic (exact) mass is 448 g/mol. The van der Waals surface area contributed by atoms with Gasteiger partial charge in [0.25, 0.3) is 0 Å². The molecule has 9 nitrogen and oxygen atoms in total. The van der Waals surface area contributed by atoms with Crippen LogP contribution in [0.25, 0.3) is 0 Å². The minimum atomic E-state index is -3.30. The van der Waals surface area contributed by atoms with Gasteiger partial charge in [-0.15, -0.1) is 0 Å². The van der Waals surface area contributed by atoms with Crippen LogP contribution in [-0.4, -0.2) is 49.7 Å². The molecular weight excluding hydrogens is 420 g/mol. The number of nitrogens with zero attached hydrogens (tertiary/aromatic N) is 1. The van der Waals surface area contributed by atoms with Gasteiger partial charge < -0.3 is 20.1 Å². The van der Waals surface area contributed by atoms with E-state index in [1.807, 2.05) is 19.9 Å². The molecule has 31 heavy (non-hydrogen) atoms.